The van der Waals surface area contributed by atoms with Gasteiger partial charge in [-0.25, -0.2) is 13.1 Å². The van der Waals surface area contributed by atoms with Crippen LogP contribution in [0.5, 0.6) is 23.0 Å². The maximum Gasteiger partial charge on any atom is 0.241 e. The highest BCUT2D eigenvalue weighted by Crippen LogP contribution is 2.40. The zero-order chi connectivity index (χ0) is 18.3. The molecule has 1 aliphatic heterocycles. The van der Waals surface area contributed by atoms with Gasteiger partial charge in [0.15, 0.2) is 23.0 Å². The van der Waals surface area contributed by atoms with Crippen molar-refractivity contribution in [1.82, 2.24) is 4.72 Å². The number of ether oxygens (including phenoxy) is 4. The Morgan fingerprint density at radius 1 is 1.04 bits per heavy atom. The second kappa shape index (κ2) is 6.37. The summed E-state index contributed by atoms with van der Waals surface area (Å²) < 4.78 is 49.6. The fourth-order valence-electron chi connectivity index (χ4n) is 3.35. The monoisotopic (exact) mass is 377 g/mol. The summed E-state index contributed by atoms with van der Waals surface area (Å²) in [6.45, 7) is 0.101. The quantitative estimate of drug-likeness (QED) is 0.862. The molecule has 1 heterocycles. The third-order valence-corrected chi connectivity index (χ3v) is 6.14. The predicted octanol–water partition coefficient (Wildman–Crippen LogP) is 2.40. The normalized spacial score (nSPS) is 17.8. The van der Waals surface area contributed by atoms with Gasteiger partial charge in [0.25, 0.3) is 0 Å². The lowest BCUT2D eigenvalue weighted by atomic mass is 10.1. The van der Waals surface area contributed by atoms with Crippen LogP contribution in [0.25, 0.3) is 0 Å². The van der Waals surface area contributed by atoms with Crippen LogP contribution in [0.1, 0.15) is 23.6 Å². The number of aryl methyl sites for hydroxylation is 1. The number of rotatable bonds is 5. The Morgan fingerprint density at radius 2 is 1.77 bits per heavy atom. The molecule has 1 aliphatic carbocycles. The van der Waals surface area contributed by atoms with Crippen LogP contribution >= 0.6 is 0 Å². The van der Waals surface area contributed by atoms with Gasteiger partial charge in [-0.05, 0) is 48.2 Å². The third-order valence-electron chi connectivity index (χ3n) is 4.67. The molecule has 0 saturated carbocycles. The van der Waals surface area contributed by atoms with Crippen molar-refractivity contribution in [1.29, 1.82) is 0 Å². The van der Waals surface area contributed by atoms with E-state index in [-0.39, 0.29) is 17.7 Å². The number of methoxy groups -OCH3 is 2. The summed E-state index contributed by atoms with van der Waals surface area (Å²) in [7, 11) is -0.558. The summed E-state index contributed by atoms with van der Waals surface area (Å²) in [4.78, 5) is 0.149. The first kappa shape index (κ1) is 17.0. The first-order valence-electron chi connectivity index (χ1n) is 8.18. The predicted molar refractivity (Wildman–Crippen MR) is 93.5 cm³/mol. The van der Waals surface area contributed by atoms with Crippen LogP contribution in [0.4, 0.5) is 0 Å². The highest BCUT2D eigenvalue weighted by Gasteiger charge is 2.30. The summed E-state index contributed by atoms with van der Waals surface area (Å²) in [5.74, 6) is 2.21. The molecular formula is C18H19NO6S. The van der Waals surface area contributed by atoms with Gasteiger partial charge in [0.2, 0.25) is 16.8 Å². The lowest BCUT2D eigenvalue weighted by molar-refractivity contribution is 0.174. The molecular weight excluding hydrogens is 358 g/mol. The van der Waals surface area contributed by atoms with Crippen molar-refractivity contribution in [2.75, 3.05) is 21.0 Å². The smallest absolute Gasteiger partial charge is 0.241 e. The molecule has 2 aromatic carbocycles. The molecule has 0 fully saturated rings. The second-order valence-corrected chi connectivity index (χ2v) is 7.85. The van der Waals surface area contributed by atoms with Gasteiger partial charge < -0.3 is 18.9 Å². The molecule has 0 spiro atoms. The van der Waals surface area contributed by atoms with Crippen molar-refractivity contribution in [3.05, 3.63) is 41.5 Å². The van der Waals surface area contributed by atoms with Crippen molar-refractivity contribution in [2.45, 2.75) is 23.8 Å². The Hall–Kier alpha value is -2.45. The Kier molecular flexibility index (Phi) is 4.16. The fourth-order valence-corrected chi connectivity index (χ4v) is 4.62. The molecule has 1 unspecified atom stereocenters. The van der Waals surface area contributed by atoms with E-state index in [0.29, 0.717) is 29.4 Å². The molecule has 7 nitrogen and oxygen atoms in total. The first-order valence-corrected chi connectivity index (χ1v) is 9.67. The van der Waals surface area contributed by atoms with E-state index in [1.165, 1.54) is 12.1 Å². The van der Waals surface area contributed by atoms with Gasteiger partial charge in [0.1, 0.15) is 0 Å². The van der Waals surface area contributed by atoms with Gasteiger partial charge in [-0.3, -0.25) is 0 Å². The highest BCUT2D eigenvalue weighted by molar-refractivity contribution is 7.89. The number of hydrogen-bond donors (Lipinski definition) is 1. The number of sulfonamides is 1. The summed E-state index contributed by atoms with van der Waals surface area (Å²) in [5.41, 5.74) is 1.97. The largest absolute Gasteiger partial charge is 0.493 e. The van der Waals surface area contributed by atoms with Gasteiger partial charge in [-0.2, -0.15) is 0 Å². The highest BCUT2D eigenvalue weighted by atomic mass is 32.2. The van der Waals surface area contributed by atoms with E-state index in [2.05, 4.69) is 4.72 Å². The standard InChI is InChI=1S/C18H19NO6S/c1-22-16-7-11-3-5-14(13(11)9-17(16)23-2)19-26(20,21)12-4-6-15-18(8-12)25-10-24-15/h4,6-9,14,19H,3,5,10H2,1-2H3. The number of fused-ring (bicyclic) bond motifs is 2. The van der Waals surface area contributed by atoms with E-state index in [9.17, 15) is 8.42 Å². The Balaban J connectivity index is 1.63. The van der Waals surface area contributed by atoms with Crippen molar-refractivity contribution >= 4 is 10.0 Å². The maximum atomic E-state index is 12.8. The SMILES string of the molecule is COc1cc2c(cc1OC)C(NS(=O)(=O)c1ccc3c(c1)OCO3)CC2. The lowest BCUT2D eigenvalue weighted by Crippen LogP contribution is -2.27. The average Bonchev–Trinajstić information content (AvgIpc) is 3.26. The zero-order valence-corrected chi connectivity index (χ0v) is 15.3. The molecule has 0 saturated heterocycles. The van der Waals surface area contributed by atoms with Gasteiger partial charge in [-0.1, -0.05) is 0 Å². The van der Waals surface area contributed by atoms with Gasteiger partial charge in [-0.15, -0.1) is 0 Å². The van der Waals surface area contributed by atoms with E-state index < -0.39 is 10.0 Å². The van der Waals surface area contributed by atoms with Crippen LogP contribution in [-0.4, -0.2) is 29.4 Å². The summed E-state index contributed by atoms with van der Waals surface area (Å²) in [5, 5.41) is 0. The minimum absolute atomic E-state index is 0.101. The van der Waals surface area contributed by atoms with Crippen LogP contribution in [0, 0.1) is 0 Å². The van der Waals surface area contributed by atoms with E-state index >= 15 is 0 Å². The van der Waals surface area contributed by atoms with Crippen molar-refractivity contribution in [3.63, 3.8) is 0 Å². The van der Waals surface area contributed by atoms with E-state index in [4.69, 9.17) is 18.9 Å². The van der Waals surface area contributed by atoms with Crippen LogP contribution in [0.3, 0.4) is 0 Å². The summed E-state index contributed by atoms with van der Waals surface area (Å²) in [6.07, 6.45) is 1.44. The molecule has 0 amide bonds. The summed E-state index contributed by atoms with van der Waals surface area (Å²) in [6, 6.07) is 8.03. The van der Waals surface area contributed by atoms with Crippen molar-refractivity contribution < 1.29 is 27.4 Å². The van der Waals surface area contributed by atoms with Crippen LogP contribution < -0.4 is 23.7 Å². The first-order chi connectivity index (χ1) is 12.5. The molecule has 4 rings (SSSR count). The van der Waals surface area contributed by atoms with E-state index in [0.717, 1.165) is 17.5 Å². The molecule has 2 aromatic rings. The molecule has 26 heavy (non-hydrogen) atoms. The molecule has 0 bridgehead atoms. The zero-order valence-electron chi connectivity index (χ0n) is 14.4. The van der Waals surface area contributed by atoms with Crippen molar-refractivity contribution in [3.8, 4) is 23.0 Å². The number of hydrogen-bond acceptors (Lipinski definition) is 6. The van der Waals surface area contributed by atoms with E-state index in [1.54, 1.807) is 20.3 Å². The number of benzene rings is 2. The Morgan fingerprint density at radius 3 is 2.54 bits per heavy atom. The minimum atomic E-state index is -3.70. The number of nitrogens with one attached hydrogen (secondary N) is 1. The van der Waals surface area contributed by atoms with Gasteiger partial charge in [0, 0.05) is 12.1 Å². The molecule has 8 heteroatoms. The summed E-state index contributed by atoms with van der Waals surface area (Å²) >= 11 is 0. The molecule has 138 valence electrons. The topological polar surface area (TPSA) is 83.1 Å². The third kappa shape index (κ3) is 2.85. The Bertz CT molecular complexity index is 956. The van der Waals surface area contributed by atoms with Gasteiger partial charge >= 0.3 is 0 Å². The lowest BCUT2D eigenvalue weighted by Gasteiger charge is -2.16. The van der Waals surface area contributed by atoms with Crippen LogP contribution in [0.2, 0.25) is 0 Å². The second-order valence-electron chi connectivity index (χ2n) is 6.13. The fraction of sp³-hybridized carbons (Fsp3) is 0.333. The molecule has 1 atom stereocenters. The average molecular weight is 377 g/mol. The van der Waals surface area contributed by atoms with Crippen LogP contribution in [-0.2, 0) is 16.4 Å². The maximum absolute atomic E-state index is 12.8. The molecule has 1 N–H and O–H groups in total. The van der Waals surface area contributed by atoms with Crippen molar-refractivity contribution in [2.24, 2.45) is 0 Å². The van der Waals surface area contributed by atoms with Crippen LogP contribution in [0.15, 0.2) is 35.2 Å². The van der Waals surface area contributed by atoms with Gasteiger partial charge in [0.05, 0.1) is 19.1 Å². The molecule has 0 aromatic heterocycles. The Labute approximate surface area is 151 Å². The molecule has 0 radical (unpaired) electrons. The minimum Gasteiger partial charge on any atom is -0.493 e. The molecule has 2 aliphatic rings. The van der Waals surface area contributed by atoms with E-state index in [1.807, 2.05) is 12.1 Å².